The van der Waals surface area contributed by atoms with Gasteiger partial charge in [0.2, 0.25) is 0 Å². The maximum absolute atomic E-state index is 10.4. The summed E-state index contributed by atoms with van der Waals surface area (Å²) in [6, 6.07) is -0.925. The molecule has 5 heteroatoms. The van der Waals surface area contributed by atoms with Crippen molar-refractivity contribution in [2.75, 3.05) is 6.54 Å². The van der Waals surface area contributed by atoms with Gasteiger partial charge in [-0.05, 0) is 5.92 Å². The number of carboxylic acid groups (broad SMARTS) is 1. The molecular weight excluding hydrogens is 148 g/mol. The third-order valence-corrected chi connectivity index (χ3v) is 1.04. The number of nitrogens with two attached hydrogens (primary N) is 1. The van der Waals surface area contributed by atoms with Crippen molar-refractivity contribution < 1.29 is 14.7 Å². The summed E-state index contributed by atoms with van der Waals surface area (Å²) in [5.41, 5.74) is 4.79. The van der Waals surface area contributed by atoms with E-state index >= 15 is 0 Å². The average molecular weight is 160 g/mol. The molecule has 0 aromatic carbocycles. The van der Waals surface area contributed by atoms with Gasteiger partial charge < -0.3 is 10.8 Å². The van der Waals surface area contributed by atoms with Crippen LogP contribution in [-0.4, -0.2) is 28.7 Å². The molecule has 0 spiro atoms. The first-order chi connectivity index (χ1) is 4.95. The fraction of sp³-hybridized carbons (Fsp3) is 0.667. The summed E-state index contributed by atoms with van der Waals surface area (Å²) >= 11 is 0. The van der Waals surface area contributed by atoms with Gasteiger partial charge in [0.25, 0.3) is 0 Å². The molecule has 0 atom stereocenters. The maximum atomic E-state index is 10.4. The van der Waals surface area contributed by atoms with Crippen LogP contribution in [0, 0.1) is 5.92 Å². The van der Waals surface area contributed by atoms with Crippen LogP contribution in [0.25, 0.3) is 0 Å². The number of carbonyl (C=O) groups excluding carboxylic acids is 1. The molecule has 0 rings (SSSR count). The van der Waals surface area contributed by atoms with Gasteiger partial charge in [0, 0.05) is 6.54 Å². The summed E-state index contributed by atoms with van der Waals surface area (Å²) in [5, 5.41) is 8.42. The quantitative estimate of drug-likeness (QED) is 0.623. The molecular formula is C6H12N2O3. The summed E-state index contributed by atoms with van der Waals surface area (Å²) in [7, 11) is 0. The van der Waals surface area contributed by atoms with E-state index in [1.807, 2.05) is 0 Å². The fourth-order valence-corrected chi connectivity index (χ4v) is 0.627. The number of carbonyl (C=O) groups is 2. The normalized spacial score (nSPS) is 9.73. The summed E-state index contributed by atoms with van der Waals surface area (Å²) in [6.45, 7) is 3.75. The van der Waals surface area contributed by atoms with Crippen molar-refractivity contribution in [3.8, 4) is 0 Å². The molecule has 0 saturated carbocycles. The monoisotopic (exact) mass is 160 g/mol. The van der Waals surface area contributed by atoms with Gasteiger partial charge in [-0.1, -0.05) is 13.8 Å². The molecule has 64 valence electrons. The van der Waals surface area contributed by atoms with Crippen LogP contribution >= 0.6 is 0 Å². The lowest BCUT2D eigenvalue weighted by atomic mass is 10.2. The highest BCUT2D eigenvalue weighted by molar-refractivity contribution is 5.88. The van der Waals surface area contributed by atoms with Crippen LogP contribution in [0.4, 0.5) is 9.59 Å². The number of rotatable bonds is 2. The van der Waals surface area contributed by atoms with Gasteiger partial charge in [-0.3, -0.25) is 0 Å². The largest absolute Gasteiger partial charge is 0.465 e. The van der Waals surface area contributed by atoms with Crippen molar-refractivity contribution in [2.24, 2.45) is 11.7 Å². The van der Waals surface area contributed by atoms with Crippen LogP contribution in [0.15, 0.2) is 0 Å². The van der Waals surface area contributed by atoms with E-state index in [0.717, 1.165) is 0 Å². The number of primary amides is 1. The Morgan fingerprint density at radius 2 is 2.00 bits per heavy atom. The number of amides is 3. The second kappa shape index (κ2) is 3.80. The molecule has 0 saturated heterocycles. The van der Waals surface area contributed by atoms with E-state index in [0.29, 0.717) is 4.90 Å². The van der Waals surface area contributed by atoms with Crippen LogP contribution in [0.5, 0.6) is 0 Å². The predicted molar refractivity (Wildman–Crippen MR) is 39.2 cm³/mol. The summed E-state index contributed by atoms with van der Waals surface area (Å²) in [5.74, 6) is 0.0959. The Morgan fingerprint density at radius 1 is 1.55 bits per heavy atom. The molecule has 0 aliphatic carbocycles. The Kier molecular flexibility index (Phi) is 3.36. The van der Waals surface area contributed by atoms with Crippen molar-refractivity contribution in [3.05, 3.63) is 0 Å². The number of imide groups is 1. The number of urea groups is 1. The highest BCUT2D eigenvalue weighted by Crippen LogP contribution is 1.98. The van der Waals surface area contributed by atoms with Gasteiger partial charge >= 0.3 is 12.1 Å². The molecule has 0 aromatic rings. The fourth-order valence-electron chi connectivity index (χ4n) is 0.627. The third-order valence-electron chi connectivity index (χ3n) is 1.04. The lowest BCUT2D eigenvalue weighted by Crippen LogP contribution is -2.41. The Bertz CT molecular complexity index is 153. The predicted octanol–water partition coefficient (Wildman–Crippen LogP) is 0.701. The molecule has 5 nitrogen and oxygen atoms in total. The maximum Gasteiger partial charge on any atom is 0.415 e. The third kappa shape index (κ3) is 3.44. The van der Waals surface area contributed by atoms with Crippen molar-refractivity contribution in [1.29, 1.82) is 0 Å². The molecule has 0 aliphatic heterocycles. The van der Waals surface area contributed by atoms with Gasteiger partial charge in [-0.15, -0.1) is 0 Å². The minimum absolute atomic E-state index is 0.0959. The molecule has 0 heterocycles. The molecule has 11 heavy (non-hydrogen) atoms. The van der Waals surface area contributed by atoms with Crippen LogP contribution in [0.1, 0.15) is 13.8 Å². The topological polar surface area (TPSA) is 83.6 Å². The zero-order chi connectivity index (χ0) is 9.02. The SMILES string of the molecule is CC(C)CN(C(N)=O)C(=O)O. The van der Waals surface area contributed by atoms with Crippen molar-refractivity contribution in [1.82, 2.24) is 4.90 Å². The van der Waals surface area contributed by atoms with Gasteiger partial charge in [-0.25, -0.2) is 14.5 Å². The lowest BCUT2D eigenvalue weighted by Gasteiger charge is -2.16. The average Bonchev–Trinajstić information content (AvgIpc) is 1.81. The zero-order valence-corrected chi connectivity index (χ0v) is 6.57. The van der Waals surface area contributed by atoms with E-state index in [4.69, 9.17) is 10.8 Å². The second-order valence-corrected chi connectivity index (χ2v) is 2.63. The van der Waals surface area contributed by atoms with Gasteiger partial charge in [0.05, 0.1) is 0 Å². The molecule has 0 bridgehead atoms. The Hall–Kier alpha value is -1.26. The van der Waals surface area contributed by atoms with Crippen molar-refractivity contribution in [2.45, 2.75) is 13.8 Å². The lowest BCUT2D eigenvalue weighted by molar-refractivity contribution is 0.147. The van der Waals surface area contributed by atoms with E-state index < -0.39 is 12.1 Å². The highest BCUT2D eigenvalue weighted by Gasteiger charge is 2.17. The standard InChI is InChI=1S/C6H12N2O3/c1-4(2)3-8(5(7)9)6(10)11/h4H,3H2,1-2H3,(H2,7,9)(H,10,11). The molecule has 0 fully saturated rings. The smallest absolute Gasteiger partial charge is 0.415 e. The Labute approximate surface area is 64.8 Å². The minimum Gasteiger partial charge on any atom is -0.465 e. The first-order valence-corrected chi connectivity index (χ1v) is 3.25. The van der Waals surface area contributed by atoms with Crippen LogP contribution < -0.4 is 5.73 Å². The summed E-state index contributed by atoms with van der Waals surface area (Å²) in [6.07, 6.45) is -1.30. The van der Waals surface area contributed by atoms with Crippen molar-refractivity contribution >= 4 is 12.1 Å². The number of hydrogen-bond acceptors (Lipinski definition) is 2. The molecule has 0 radical (unpaired) electrons. The van der Waals surface area contributed by atoms with E-state index in [2.05, 4.69) is 0 Å². The summed E-state index contributed by atoms with van der Waals surface area (Å²) in [4.78, 5) is 21.3. The zero-order valence-electron chi connectivity index (χ0n) is 6.57. The number of hydrogen-bond donors (Lipinski definition) is 2. The first kappa shape index (κ1) is 9.74. The second-order valence-electron chi connectivity index (χ2n) is 2.63. The molecule has 3 N–H and O–H groups in total. The highest BCUT2D eigenvalue weighted by atomic mass is 16.4. The van der Waals surface area contributed by atoms with E-state index in [1.54, 1.807) is 13.8 Å². The number of nitrogens with zero attached hydrogens (tertiary/aromatic N) is 1. The van der Waals surface area contributed by atoms with Gasteiger partial charge in [-0.2, -0.15) is 0 Å². The molecule has 0 aromatic heterocycles. The Morgan fingerprint density at radius 3 is 2.09 bits per heavy atom. The molecule has 0 unspecified atom stereocenters. The molecule has 0 aliphatic rings. The van der Waals surface area contributed by atoms with Gasteiger partial charge in [0.1, 0.15) is 0 Å². The van der Waals surface area contributed by atoms with E-state index in [1.165, 1.54) is 0 Å². The molecule has 3 amide bonds. The first-order valence-electron chi connectivity index (χ1n) is 3.25. The van der Waals surface area contributed by atoms with Crippen LogP contribution in [0.3, 0.4) is 0 Å². The van der Waals surface area contributed by atoms with E-state index in [-0.39, 0.29) is 12.5 Å². The summed E-state index contributed by atoms with van der Waals surface area (Å²) < 4.78 is 0. The minimum atomic E-state index is -1.30. The van der Waals surface area contributed by atoms with Crippen molar-refractivity contribution in [3.63, 3.8) is 0 Å². The van der Waals surface area contributed by atoms with Crippen LogP contribution in [-0.2, 0) is 0 Å². The van der Waals surface area contributed by atoms with Crippen LogP contribution in [0.2, 0.25) is 0 Å². The van der Waals surface area contributed by atoms with E-state index in [9.17, 15) is 9.59 Å². The van der Waals surface area contributed by atoms with Gasteiger partial charge in [0.15, 0.2) is 0 Å². The Balaban J connectivity index is 4.12.